The summed E-state index contributed by atoms with van der Waals surface area (Å²) in [6, 6.07) is 8.01. The summed E-state index contributed by atoms with van der Waals surface area (Å²) in [6.45, 7) is 9.03. The van der Waals surface area contributed by atoms with Crippen molar-refractivity contribution in [2.75, 3.05) is 11.9 Å². The Morgan fingerprint density at radius 3 is 2.68 bits per heavy atom. The Hall–Kier alpha value is -1.55. The molecule has 0 aliphatic rings. The van der Waals surface area contributed by atoms with Crippen molar-refractivity contribution in [3.63, 3.8) is 0 Å². The normalized spacial score (nSPS) is 11.4. The Kier molecular flexibility index (Phi) is 4.10. The fraction of sp³-hybridized carbons (Fsp3) is 0.400. The predicted molar refractivity (Wildman–Crippen MR) is 82.1 cm³/mol. The molecule has 1 N–H and O–H groups in total. The lowest BCUT2D eigenvalue weighted by molar-refractivity contribution is 0.341. The number of thiazole rings is 1. The summed E-state index contributed by atoms with van der Waals surface area (Å²) < 4.78 is 5.65. The molecule has 0 aliphatic heterocycles. The fourth-order valence-electron chi connectivity index (χ4n) is 1.74. The average molecular weight is 276 g/mol. The van der Waals surface area contributed by atoms with Gasteiger partial charge in [-0.3, -0.25) is 0 Å². The Morgan fingerprint density at radius 2 is 2.00 bits per heavy atom. The highest BCUT2D eigenvalue weighted by Gasteiger charge is 2.14. The van der Waals surface area contributed by atoms with Crippen molar-refractivity contribution in [2.45, 2.75) is 33.2 Å². The van der Waals surface area contributed by atoms with E-state index in [0.717, 1.165) is 22.1 Å². The SMILES string of the molecule is CCOc1ccccc1-c1csc(NC(C)(C)C)n1. The van der Waals surface area contributed by atoms with E-state index in [4.69, 9.17) is 4.74 Å². The van der Waals surface area contributed by atoms with Gasteiger partial charge < -0.3 is 10.1 Å². The number of nitrogens with zero attached hydrogens (tertiary/aromatic N) is 1. The molecule has 0 saturated heterocycles. The van der Waals surface area contributed by atoms with Crippen LogP contribution in [-0.4, -0.2) is 17.1 Å². The van der Waals surface area contributed by atoms with Crippen LogP contribution in [0.5, 0.6) is 5.75 Å². The first-order chi connectivity index (χ1) is 8.99. The van der Waals surface area contributed by atoms with Gasteiger partial charge in [0, 0.05) is 16.5 Å². The van der Waals surface area contributed by atoms with Crippen LogP contribution in [0.4, 0.5) is 5.13 Å². The first-order valence-corrected chi connectivity index (χ1v) is 7.33. The van der Waals surface area contributed by atoms with E-state index >= 15 is 0 Å². The van der Waals surface area contributed by atoms with Crippen molar-refractivity contribution in [1.82, 2.24) is 4.98 Å². The van der Waals surface area contributed by atoms with E-state index in [9.17, 15) is 0 Å². The minimum absolute atomic E-state index is 0.0224. The van der Waals surface area contributed by atoms with Crippen molar-refractivity contribution in [3.05, 3.63) is 29.6 Å². The van der Waals surface area contributed by atoms with Crippen LogP contribution in [0.15, 0.2) is 29.6 Å². The van der Waals surface area contributed by atoms with E-state index in [1.54, 1.807) is 11.3 Å². The molecule has 0 atom stereocenters. The summed E-state index contributed by atoms with van der Waals surface area (Å²) in [5.41, 5.74) is 2.03. The van der Waals surface area contributed by atoms with Gasteiger partial charge in [-0.1, -0.05) is 12.1 Å². The van der Waals surface area contributed by atoms with E-state index in [2.05, 4.69) is 36.5 Å². The lowest BCUT2D eigenvalue weighted by Gasteiger charge is -2.19. The number of ether oxygens (including phenoxy) is 1. The molecule has 1 aromatic carbocycles. The van der Waals surface area contributed by atoms with Gasteiger partial charge in [-0.05, 0) is 39.8 Å². The van der Waals surface area contributed by atoms with Crippen molar-refractivity contribution in [1.29, 1.82) is 0 Å². The van der Waals surface area contributed by atoms with Crippen molar-refractivity contribution in [3.8, 4) is 17.0 Å². The van der Waals surface area contributed by atoms with Gasteiger partial charge in [-0.15, -0.1) is 11.3 Å². The second-order valence-corrected chi connectivity index (χ2v) is 6.20. The highest BCUT2D eigenvalue weighted by Crippen LogP contribution is 2.32. The summed E-state index contributed by atoms with van der Waals surface area (Å²) in [7, 11) is 0. The predicted octanol–water partition coefficient (Wildman–Crippen LogP) is 4.42. The number of anilines is 1. The Morgan fingerprint density at radius 1 is 1.26 bits per heavy atom. The molecule has 0 aliphatic carbocycles. The van der Waals surface area contributed by atoms with Crippen LogP contribution in [0.1, 0.15) is 27.7 Å². The van der Waals surface area contributed by atoms with E-state index in [1.807, 2.05) is 31.2 Å². The highest BCUT2D eigenvalue weighted by molar-refractivity contribution is 7.14. The van der Waals surface area contributed by atoms with Crippen molar-refractivity contribution < 1.29 is 4.74 Å². The maximum Gasteiger partial charge on any atom is 0.183 e. The van der Waals surface area contributed by atoms with Gasteiger partial charge in [0.2, 0.25) is 0 Å². The van der Waals surface area contributed by atoms with Gasteiger partial charge in [0.15, 0.2) is 5.13 Å². The highest BCUT2D eigenvalue weighted by atomic mass is 32.1. The zero-order valence-corrected chi connectivity index (χ0v) is 12.7. The van der Waals surface area contributed by atoms with Gasteiger partial charge in [-0.25, -0.2) is 4.98 Å². The Balaban J connectivity index is 2.28. The largest absolute Gasteiger partial charge is 0.493 e. The van der Waals surface area contributed by atoms with Gasteiger partial charge in [0.1, 0.15) is 5.75 Å². The maximum atomic E-state index is 5.65. The van der Waals surface area contributed by atoms with Crippen LogP contribution in [-0.2, 0) is 0 Å². The van der Waals surface area contributed by atoms with Crippen LogP contribution < -0.4 is 10.1 Å². The average Bonchev–Trinajstić information content (AvgIpc) is 2.76. The molecular formula is C15H20N2OS. The molecule has 2 rings (SSSR count). The van der Waals surface area contributed by atoms with E-state index in [0.29, 0.717) is 6.61 Å². The fourth-order valence-corrected chi connectivity index (χ4v) is 2.65. The molecule has 0 unspecified atom stereocenters. The molecule has 19 heavy (non-hydrogen) atoms. The summed E-state index contributed by atoms with van der Waals surface area (Å²) in [4.78, 5) is 4.64. The van der Waals surface area contributed by atoms with Crippen LogP contribution in [0.2, 0.25) is 0 Å². The lowest BCUT2D eigenvalue weighted by Crippen LogP contribution is -2.25. The molecule has 2 aromatic rings. The molecule has 3 nitrogen and oxygen atoms in total. The van der Waals surface area contributed by atoms with Crippen LogP contribution in [0, 0.1) is 0 Å². The summed E-state index contributed by atoms with van der Waals surface area (Å²) in [5, 5.41) is 6.39. The Labute approximate surface area is 118 Å². The van der Waals surface area contributed by atoms with Crippen molar-refractivity contribution in [2.24, 2.45) is 0 Å². The molecule has 0 saturated carbocycles. The third-order valence-corrected chi connectivity index (χ3v) is 3.21. The maximum absolute atomic E-state index is 5.65. The molecule has 0 bridgehead atoms. The zero-order valence-electron chi connectivity index (χ0n) is 11.9. The monoisotopic (exact) mass is 276 g/mol. The summed E-state index contributed by atoms with van der Waals surface area (Å²) in [6.07, 6.45) is 0. The smallest absolute Gasteiger partial charge is 0.183 e. The minimum Gasteiger partial charge on any atom is -0.493 e. The third kappa shape index (κ3) is 3.70. The van der Waals surface area contributed by atoms with Crippen LogP contribution in [0.25, 0.3) is 11.3 Å². The Bertz CT molecular complexity index is 543. The first-order valence-electron chi connectivity index (χ1n) is 6.45. The quantitative estimate of drug-likeness (QED) is 0.897. The first kappa shape index (κ1) is 13.9. The van der Waals surface area contributed by atoms with E-state index in [-0.39, 0.29) is 5.54 Å². The zero-order chi connectivity index (χ0) is 13.9. The number of hydrogen-bond donors (Lipinski definition) is 1. The molecule has 0 radical (unpaired) electrons. The molecule has 102 valence electrons. The van der Waals surface area contributed by atoms with Crippen molar-refractivity contribution >= 4 is 16.5 Å². The summed E-state index contributed by atoms with van der Waals surface area (Å²) >= 11 is 1.62. The number of hydrogen-bond acceptors (Lipinski definition) is 4. The number of benzene rings is 1. The summed E-state index contributed by atoms with van der Waals surface area (Å²) in [5.74, 6) is 0.887. The number of rotatable bonds is 4. The molecule has 0 spiro atoms. The minimum atomic E-state index is 0.0224. The van der Waals surface area contributed by atoms with Crippen LogP contribution in [0.3, 0.4) is 0 Å². The molecular weight excluding hydrogens is 256 g/mol. The van der Waals surface area contributed by atoms with Gasteiger partial charge in [-0.2, -0.15) is 0 Å². The van der Waals surface area contributed by atoms with Gasteiger partial charge in [0.25, 0.3) is 0 Å². The standard InChI is InChI=1S/C15H20N2OS/c1-5-18-13-9-7-6-8-11(13)12-10-19-14(16-12)17-15(2,3)4/h6-10H,5H2,1-4H3,(H,16,17). The number of nitrogens with one attached hydrogen (secondary N) is 1. The molecule has 4 heteroatoms. The van der Waals surface area contributed by atoms with E-state index < -0.39 is 0 Å². The second kappa shape index (κ2) is 5.61. The molecule has 1 heterocycles. The van der Waals surface area contributed by atoms with Gasteiger partial charge in [0.05, 0.1) is 12.3 Å². The molecule has 1 aromatic heterocycles. The van der Waals surface area contributed by atoms with E-state index in [1.165, 1.54) is 0 Å². The van der Waals surface area contributed by atoms with Crippen LogP contribution >= 0.6 is 11.3 Å². The lowest BCUT2D eigenvalue weighted by atomic mass is 10.1. The second-order valence-electron chi connectivity index (χ2n) is 5.34. The third-order valence-electron chi connectivity index (χ3n) is 2.45. The molecule has 0 fully saturated rings. The number of para-hydroxylation sites is 1. The number of aromatic nitrogens is 1. The molecule has 0 amide bonds. The van der Waals surface area contributed by atoms with Gasteiger partial charge >= 0.3 is 0 Å². The topological polar surface area (TPSA) is 34.1 Å².